The summed E-state index contributed by atoms with van der Waals surface area (Å²) in [5, 5.41) is 0.231. The van der Waals surface area contributed by atoms with Crippen molar-refractivity contribution in [3.05, 3.63) is 17.0 Å². The van der Waals surface area contributed by atoms with E-state index in [2.05, 4.69) is 21.8 Å². The first-order valence-corrected chi connectivity index (χ1v) is 7.23. The molecule has 0 atom stereocenters. The molecule has 5 heteroatoms. The lowest BCUT2D eigenvalue weighted by Crippen LogP contribution is -2.36. The average Bonchev–Trinajstić information content (AvgIpc) is 2.46. The normalized spacial score (nSPS) is 23.1. The van der Waals surface area contributed by atoms with Crippen molar-refractivity contribution in [2.45, 2.75) is 45.1 Å². The van der Waals surface area contributed by atoms with Crippen LogP contribution in [-0.4, -0.2) is 29.3 Å². The highest BCUT2D eigenvalue weighted by Gasteiger charge is 2.25. The number of hydrogen-bond donors (Lipinski definition) is 0. The number of carbonyl (C=O) groups is 1. The highest BCUT2D eigenvalue weighted by molar-refractivity contribution is 6.32. The summed E-state index contributed by atoms with van der Waals surface area (Å²) < 4.78 is 0. The number of anilines is 1. The molecule has 0 radical (unpaired) electrons. The largest absolute Gasteiger partial charge is 0.356 e. The molecule has 0 aromatic carbocycles. The van der Waals surface area contributed by atoms with Crippen LogP contribution in [0.3, 0.4) is 0 Å². The van der Waals surface area contributed by atoms with Gasteiger partial charge in [-0.15, -0.1) is 0 Å². The molecule has 4 nitrogen and oxygen atoms in total. The fraction of sp³-hybridized carbons (Fsp3) is 0.643. The lowest BCUT2D eigenvalue weighted by atomic mass is 9.84. The fourth-order valence-electron chi connectivity index (χ4n) is 2.86. The van der Waals surface area contributed by atoms with E-state index >= 15 is 0 Å². The van der Waals surface area contributed by atoms with Gasteiger partial charge >= 0.3 is 0 Å². The summed E-state index contributed by atoms with van der Waals surface area (Å²) >= 11 is 5.95. The molecule has 1 saturated carbocycles. The summed E-state index contributed by atoms with van der Waals surface area (Å²) in [6, 6.07) is 0.437. The zero-order chi connectivity index (χ0) is 13.8. The number of nitrogens with zero attached hydrogens (tertiary/aromatic N) is 3. The van der Waals surface area contributed by atoms with E-state index in [0.29, 0.717) is 17.4 Å². The van der Waals surface area contributed by atoms with Gasteiger partial charge in [0.15, 0.2) is 6.29 Å². The van der Waals surface area contributed by atoms with Crippen LogP contribution in [0.25, 0.3) is 0 Å². The second-order valence-electron chi connectivity index (χ2n) is 5.21. The maximum Gasteiger partial charge on any atom is 0.156 e. The first-order chi connectivity index (χ1) is 9.17. The van der Waals surface area contributed by atoms with Crippen molar-refractivity contribution < 1.29 is 4.79 Å². The average molecular weight is 282 g/mol. The van der Waals surface area contributed by atoms with Crippen LogP contribution in [0.15, 0.2) is 6.33 Å². The fourth-order valence-corrected chi connectivity index (χ4v) is 3.03. The molecule has 1 aliphatic carbocycles. The molecular weight excluding hydrogens is 262 g/mol. The molecular formula is C14H20ClN3O. The number of hydrogen-bond acceptors (Lipinski definition) is 4. The van der Waals surface area contributed by atoms with E-state index in [-0.39, 0.29) is 5.15 Å². The van der Waals surface area contributed by atoms with Gasteiger partial charge in [0.25, 0.3) is 0 Å². The van der Waals surface area contributed by atoms with Crippen LogP contribution in [0.4, 0.5) is 5.82 Å². The van der Waals surface area contributed by atoms with Crippen molar-refractivity contribution in [2.24, 2.45) is 5.92 Å². The zero-order valence-corrected chi connectivity index (χ0v) is 12.2. The third-order valence-corrected chi connectivity index (χ3v) is 4.51. The molecule has 0 spiro atoms. The van der Waals surface area contributed by atoms with Crippen molar-refractivity contribution in [1.82, 2.24) is 9.97 Å². The van der Waals surface area contributed by atoms with Crippen molar-refractivity contribution in [1.29, 1.82) is 0 Å². The highest BCUT2D eigenvalue weighted by atomic mass is 35.5. The molecule has 1 heterocycles. The van der Waals surface area contributed by atoms with Gasteiger partial charge in [0.05, 0.1) is 5.56 Å². The first-order valence-electron chi connectivity index (χ1n) is 6.85. The van der Waals surface area contributed by atoms with Crippen LogP contribution in [-0.2, 0) is 0 Å². The Bertz CT molecular complexity index is 444. The molecule has 1 fully saturated rings. The molecule has 0 saturated heterocycles. The number of aldehydes is 1. The summed E-state index contributed by atoms with van der Waals surface area (Å²) in [6.45, 7) is 2.25. The van der Waals surface area contributed by atoms with Crippen molar-refractivity contribution in [3.8, 4) is 0 Å². The Kier molecular flexibility index (Phi) is 4.75. The Hall–Kier alpha value is -1.16. The van der Waals surface area contributed by atoms with Gasteiger partial charge in [0.1, 0.15) is 17.3 Å². The smallest absolute Gasteiger partial charge is 0.156 e. The Balaban J connectivity index is 2.14. The Labute approximate surface area is 119 Å². The van der Waals surface area contributed by atoms with E-state index in [1.165, 1.54) is 25.6 Å². The van der Waals surface area contributed by atoms with E-state index in [0.717, 1.165) is 25.0 Å². The quantitative estimate of drug-likeness (QED) is 0.627. The standard InChI is InChI=1S/C14H20ClN3O/c1-3-10-4-6-11(7-5-10)18(2)14-12(8-19)13(15)16-9-17-14/h8-11H,3-7H2,1-2H3. The molecule has 104 valence electrons. The monoisotopic (exact) mass is 281 g/mol. The summed E-state index contributed by atoms with van der Waals surface area (Å²) in [5.41, 5.74) is 0.393. The van der Waals surface area contributed by atoms with E-state index in [1.807, 2.05) is 7.05 Å². The summed E-state index contributed by atoms with van der Waals surface area (Å²) in [6.07, 6.45) is 8.21. The third-order valence-electron chi connectivity index (χ3n) is 4.21. The van der Waals surface area contributed by atoms with E-state index in [1.54, 1.807) is 0 Å². The van der Waals surface area contributed by atoms with Crippen LogP contribution in [0.2, 0.25) is 5.15 Å². The predicted molar refractivity (Wildman–Crippen MR) is 76.9 cm³/mol. The number of aromatic nitrogens is 2. The van der Waals surface area contributed by atoms with Crippen LogP contribution in [0.5, 0.6) is 0 Å². The minimum absolute atomic E-state index is 0.231. The van der Waals surface area contributed by atoms with Crippen LogP contribution in [0.1, 0.15) is 49.4 Å². The molecule has 1 aliphatic rings. The highest BCUT2D eigenvalue weighted by Crippen LogP contribution is 2.32. The van der Waals surface area contributed by atoms with Gasteiger partial charge in [0, 0.05) is 13.1 Å². The van der Waals surface area contributed by atoms with E-state index in [9.17, 15) is 4.79 Å². The van der Waals surface area contributed by atoms with E-state index < -0.39 is 0 Å². The minimum atomic E-state index is 0.231. The van der Waals surface area contributed by atoms with Crippen molar-refractivity contribution >= 4 is 23.7 Å². The van der Waals surface area contributed by atoms with Gasteiger partial charge in [-0.1, -0.05) is 24.9 Å². The maximum absolute atomic E-state index is 11.1. The first kappa shape index (κ1) is 14.3. The van der Waals surface area contributed by atoms with Crippen LogP contribution in [0, 0.1) is 5.92 Å². The maximum atomic E-state index is 11.1. The SMILES string of the molecule is CCC1CCC(N(C)c2ncnc(Cl)c2C=O)CC1. The number of halogens is 1. The van der Waals surface area contributed by atoms with Gasteiger partial charge < -0.3 is 4.90 Å². The minimum Gasteiger partial charge on any atom is -0.356 e. The van der Waals surface area contributed by atoms with Gasteiger partial charge in [-0.25, -0.2) is 9.97 Å². The summed E-state index contributed by atoms with van der Waals surface area (Å²) in [5.74, 6) is 1.50. The lowest BCUT2D eigenvalue weighted by Gasteiger charge is -2.35. The van der Waals surface area contributed by atoms with Gasteiger partial charge in [0.2, 0.25) is 0 Å². The van der Waals surface area contributed by atoms with Gasteiger partial charge in [-0.05, 0) is 31.6 Å². The lowest BCUT2D eigenvalue weighted by molar-refractivity contribution is 0.112. The second-order valence-corrected chi connectivity index (χ2v) is 5.57. The molecule has 1 aromatic rings. The van der Waals surface area contributed by atoms with Crippen LogP contribution >= 0.6 is 11.6 Å². The molecule has 0 aliphatic heterocycles. The molecule has 0 N–H and O–H groups in total. The number of carbonyl (C=O) groups excluding carboxylic acids is 1. The second kappa shape index (κ2) is 6.33. The Morgan fingerprint density at radius 3 is 2.63 bits per heavy atom. The van der Waals surface area contributed by atoms with Crippen molar-refractivity contribution in [2.75, 3.05) is 11.9 Å². The summed E-state index contributed by atoms with van der Waals surface area (Å²) in [4.78, 5) is 21.3. The molecule has 2 rings (SSSR count). The van der Waals surface area contributed by atoms with Gasteiger partial charge in [-0.2, -0.15) is 0 Å². The Morgan fingerprint density at radius 1 is 1.37 bits per heavy atom. The van der Waals surface area contributed by atoms with E-state index in [4.69, 9.17) is 11.6 Å². The predicted octanol–water partition coefficient (Wildman–Crippen LogP) is 3.35. The Morgan fingerprint density at radius 2 is 2.05 bits per heavy atom. The zero-order valence-electron chi connectivity index (χ0n) is 11.5. The number of rotatable bonds is 4. The summed E-state index contributed by atoms with van der Waals surface area (Å²) in [7, 11) is 1.99. The molecule has 0 amide bonds. The molecule has 0 unspecified atom stereocenters. The molecule has 0 bridgehead atoms. The third kappa shape index (κ3) is 3.06. The van der Waals surface area contributed by atoms with Gasteiger partial charge in [-0.3, -0.25) is 4.79 Å². The molecule has 19 heavy (non-hydrogen) atoms. The van der Waals surface area contributed by atoms with Crippen molar-refractivity contribution in [3.63, 3.8) is 0 Å². The topological polar surface area (TPSA) is 46.1 Å². The van der Waals surface area contributed by atoms with Crippen LogP contribution < -0.4 is 4.90 Å². The molecule has 1 aromatic heterocycles.